The van der Waals surface area contributed by atoms with Crippen LogP contribution in [0.25, 0.3) is 0 Å². The largest absolute Gasteiger partial charge is 0.462 e. The van der Waals surface area contributed by atoms with Crippen molar-refractivity contribution < 1.29 is 43.9 Å². The van der Waals surface area contributed by atoms with E-state index in [4.69, 9.17) is 14.2 Å². The highest BCUT2D eigenvalue weighted by molar-refractivity contribution is 5.88. The number of fused-ring (bicyclic) bond motifs is 7. The molecule has 5 aliphatic carbocycles. The summed E-state index contributed by atoms with van der Waals surface area (Å²) in [5, 5.41) is 36.6. The van der Waals surface area contributed by atoms with Crippen LogP contribution in [0, 0.1) is 50.2 Å². The molecule has 0 saturated heterocycles. The first-order valence-corrected chi connectivity index (χ1v) is 20.4. The summed E-state index contributed by atoms with van der Waals surface area (Å²) in [5.74, 6) is -1.75. The molecule has 0 aromatic rings. The van der Waals surface area contributed by atoms with Gasteiger partial charge in [0.05, 0.1) is 30.3 Å². The minimum Gasteiger partial charge on any atom is -0.462 e. The number of hydrogen-bond acceptors (Lipinski definition) is 9. The van der Waals surface area contributed by atoms with Gasteiger partial charge in [0.25, 0.3) is 0 Å². The maximum absolute atomic E-state index is 13.5. The van der Waals surface area contributed by atoms with Crippen LogP contribution in [-0.2, 0) is 28.6 Å². The van der Waals surface area contributed by atoms with E-state index in [0.29, 0.717) is 36.0 Å². The second-order valence-corrected chi connectivity index (χ2v) is 19.1. The molecule has 306 valence electrons. The molecule has 12 atom stereocenters. The Hall–Kier alpha value is -3.01. The minimum absolute atomic E-state index is 0.000813. The summed E-state index contributed by atoms with van der Waals surface area (Å²) in [6.45, 7) is 25.4. The highest BCUT2D eigenvalue weighted by Crippen LogP contribution is 2.76. The molecule has 9 heteroatoms. The summed E-state index contributed by atoms with van der Waals surface area (Å²) in [6.07, 6.45) is 9.89. The summed E-state index contributed by atoms with van der Waals surface area (Å²) in [5.41, 5.74) is -1.46. The molecule has 0 aliphatic heterocycles. The summed E-state index contributed by atoms with van der Waals surface area (Å²) in [7, 11) is 0. The van der Waals surface area contributed by atoms with E-state index in [-0.39, 0.29) is 47.8 Å². The zero-order valence-corrected chi connectivity index (χ0v) is 35.3. The second-order valence-electron chi connectivity index (χ2n) is 19.1. The van der Waals surface area contributed by atoms with Crippen molar-refractivity contribution in [1.82, 2.24) is 0 Å². The summed E-state index contributed by atoms with van der Waals surface area (Å²) < 4.78 is 18.2. The molecule has 0 heterocycles. The maximum atomic E-state index is 13.5. The Labute approximate surface area is 329 Å². The van der Waals surface area contributed by atoms with Crippen molar-refractivity contribution in [2.75, 3.05) is 13.2 Å². The van der Waals surface area contributed by atoms with Crippen molar-refractivity contribution in [2.45, 2.75) is 146 Å². The topological polar surface area (TPSA) is 140 Å². The fourth-order valence-electron chi connectivity index (χ4n) is 12.2. The van der Waals surface area contributed by atoms with Gasteiger partial charge in [0, 0.05) is 22.1 Å². The molecule has 0 aromatic carbocycles. The van der Waals surface area contributed by atoms with E-state index in [1.165, 1.54) is 0 Å². The van der Waals surface area contributed by atoms with Gasteiger partial charge in [-0.1, -0.05) is 70.6 Å². The highest BCUT2D eigenvalue weighted by atomic mass is 16.6. The third-order valence-corrected chi connectivity index (χ3v) is 16.3. The van der Waals surface area contributed by atoms with Gasteiger partial charge < -0.3 is 29.5 Å². The molecule has 5 aliphatic rings. The zero-order valence-electron chi connectivity index (χ0n) is 35.3. The molecule has 3 N–H and O–H groups in total. The number of esters is 3. The van der Waals surface area contributed by atoms with Gasteiger partial charge in [0.2, 0.25) is 0 Å². The van der Waals surface area contributed by atoms with Crippen LogP contribution < -0.4 is 0 Å². The van der Waals surface area contributed by atoms with Crippen LogP contribution in [0.4, 0.5) is 0 Å². The van der Waals surface area contributed by atoms with Crippen molar-refractivity contribution in [3.8, 4) is 0 Å². The first-order valence-electron chi connectivity index (χ1n) is 20.4. The van der Waals surface area contributed by atoms with E-state index in [9.17, 15) is 29.7 Å². The van der Waals surface area contributed by atoms with Crippen LogP contribution in [0.15, 0.2) is 59.3 Å². The van der Waals surface area contributed by atoms with Gasteiger partial charge in [0.15, 0.2) is 0 Å². The van der Waals surface area contributed by atoms with E-state index in [1.807, 2.05) is 13.8 Å². The van der Waals surface area contributed by atoms with Crippen molar-refractivity contribution in [2.24, 2.45) is 50.2 Å². The van der Waals surface area contributed by atoms with E-state index in [2.05, 4.69) is 39.5 Å². The molecule has 4 saturated carbocycles. The molecular weight excluding hydrogens is 696 g/mol. The molecular formula is C46H68O9. The third-order valence-electron chi connectivity index (χ3n) is 16.3. The average molecular weight is 765 g/mol. The van der Waals surface area contributed by atoms with Gasteiger partial charge in [-0.05, 0) is 126 Å². The normalized spacial score (nSPS) is 42.7. The molecule has 9 nitrogen and oxygen atoms in total. The van der Waals surface area contributed by atoms with E-state index < -0.39 is 58.0 Å². The van der Waals surface area contributed by atoms with Crippen molar-refractivity contribution in [3.05, 3.63) is 59.3 Å². The maximum Gasteiger partial charge on any atom is 0.333 e. The second kappa shape index (κ2) is 15.1. The Balaban J connectivity index is 1.64. The number of ether oxygens (including phenoxy) is 3. The van der Waals surface area contributed by atoms with Crippen molar-refractivity contribution in [3.63, 3.8) is 0 Å². The van der Waals surface area contributed by atoms with Crippen molar-refractivity contribution >= 4 is 17.9 Å². The fraction of sp³-hybridized carbons (Fsp3) is 0.717. The Morgan fingerprint density at radius 3 is 1.91 bits per heavy atom. The predicted molar refractivity (Wildman–Crippen MR) is 212 cm³/mol. The molecule has 5 rings (SSSR count). The molecule has 3 unspecified atom stereocenters. The molecule has 0 radical (unpaired) electrons. The molecule has 55 heavy (non-hydrogen) atoms. The molecule has 0 amide bonds. The van der Waals surface area contributed by atoms with Gasteiger partial charge in [-0.2, -0.15) is 0 Å². The fourth-order valence-corrected chi connectivity index (χ4v) is 12.2. The van der Waals surface area contributed by atoms with E-state index in [1.54, 1.807) is 59.8 Å². The summed E-state index contributed by atoms with van der Waals surface area (Å²) in [4.78, 5) is 39.7. The van der Waals surface area contributed by atoms with E-state index >= 15 is 0 Å². The lowest BCUT2D eigenvalue weighted by Crippen LogP contribution is -2.72. The monoisotopic (exact) mass is 764 g/mol. The van der Waals surface area contributed by atoms with Crippen LogP contribution in [0.5, 0.6) is 0 Å². The third kappa shape index (κ3) is 6.43. The number of rotatable bonds is 9. The lowest BCUT2D eigenvalue weighted by molar-refractivity contribution is -0.263. The Morgan fingerprint density at radius 1 is 0.782 bits per heavy atom. The number of hydrogen-bond donors (Lipinski definition) is 3. The van der Waals surface area contributed by atoms with Crippen molar-refractivity contribution in [1.29, 1.82) is 0 Å². The van der Waals surface area contributed by atoms with Gasteiger partial charge >= 0.3 is 17.9 Å². The summed E-state index contributed by atoms with van der Waals surface area (Å²) in [6, 6.07) is 0. The molecule has 4 fully saturated rings. The summed E-state index contributed by atoms with van der Waals surface area (Å²) >= 11 is 0. The van der Waals surface area contributed by atoms with Crippen LogP contribution in [-0.4, -0.2) is 70.9 Å². The smallest absolute Gasteiger partial charge is 0.333 e. The van der Waals surface area contributed by atoms with Gasteiger partial charge in [0.1, 0.15) is 12.7 Å². The highest BCUT2D eigenvalue weighted by Gasteiger charge is 2.74. The van der Waals surface area contributed by atoms with Gasteiger partial charge in [-0.25, -0.2) is 14.4 Å². The molecule has 0 aromatic heterocycles. The number of allylic oxidation sites excluding steroid dienone is 6. The number of aliphatic hydroxyl groups excluding tert-OH is 3. The molecule has 0 bridgehead atoms. The lowest BCUT2D eigenvalue weighted by Gasteiger charge is -2.72. The van der Waals surface area contributed by atoms with Gasteiger partial charge in [-0.15, -0.1) is 6.58 Å². The predicted octanol–water partition coefficient (Wildman–Crippen LogP) is 7.74. The van der Waals surface area contributed by atoms with Crippen LogP contribution in [0.2, 0.25) is 0 Å². The lowest BCUT2D eigenvalue weighted by atomic mass is 9.32. The minimum atomic E-state index is -1.31. The molecule has 0 spiro atoms. The Bertz CT molecular complexity index is 1680. The number of carbonyl (C=O) groups is 3. The first-order chi connectivity index (χ1) is 25.6. The quantitative estimate of drug-likeness (QED) is 0.0931. The average Bonchev–Trinajstić information content (AvgIpc) is 3.15. The Morgan fingerprint density at radius 2 is 1.35 bits per heavy atom. The number of aliphatic hydroxyl groups is 3. The standard InChI is InChI=1S/C46H68O9/c1-13-27(5)38(50)53-25-42(10)32-19-21-43(11)33(45(32,16-4)22-20-34(42)47)18-17-30-31-23-41(8,9)36(49)37(55-40(52)29(7)15-3)46(31,35(48)24-44(30,43)12)26-54-39(51)28(6)14-2/h13-17,31-37,47-49H,4,18-26H2,1-3,5-12H3/b27-13-,28-14-,29-15-/t31?,32?,33?,34-,35+,36-,37-,42+,43+,44+,45-,46-/m0/s1. The van der Waals surface area contributed by atoms with Crippen LogP contribution in [0.3, 0.4) is 0 Å². The zero-order chi connectivity index (χ0) is 41.1. The first kappa shape index (κ1) is 43.1. The van der Waals surface area contributed by atoms with E-state index in [0.717, 1.165) is 31.3 Å². The SMILES string of the molecule is C=C[C@]12CC[C@H](O)[C@](C)(COC(=O)/C(C)=C\C)C1CC[C@]1(C)C2CC=C2C3CC(C)(C)[C@@H](O)[C@H](OC(=O)/C(C)=C\C)[C@]3(COC(=O)/C(C)=C\C)[C@H](O)C[C@]21C. The van der Waals surface area contributed by atoms with Crippen LogP contribution in [0.1, 0.15) is 121 Å². The Kier molecular flexibility index (Phi) is 11.8. The number of carbonyl (C=O) groups excluding carboxylic acids is 3. The van der Waals surface area contributed by atoms with Crippen LogP contribution >= 0.6 is 0 Å². The van der Waals surface area contributed by atoms with Gasteiger partial charge in [-0.3, -0.25) is 0 Å².